The molecule has 0 radical (unpaired) electrons. The molecule has 0 saturated carbocycles. The first-order chi connectivity index (χ1) is 10.1. The third-order valence-corrected chi connectivity index (χ3v) is 3.99. The molecule has 108 valence electrons. The van der Waals surface area contributed by atoms with Gasteiger partial charge in [-0.05, 0) is 23.1 Å². The number of hydrogen-bond donors (Lipinski definition) is 2. The Balaban J connectivity index is 2.03. The average molecular weight is 278 g/mol. The molecule has 21 heavy (non-hydrogen) atoms. The summed E-state index contributed by atoms with van der Waals surface area (Å²) in [4.78, 5) is 0. The van der Waals surface area contributed by atoms with Gasteiger partial charge in [0.2, 0.25) is 0 Å². The summed E-state index contributed by atoms with van der Waals surface area (Å²) in [7, 11) is 0. The molecule has 2 nitrogen and oxygen atoms in total. The van der Waals surface area contributed by atoms with E-state index in [1.165, 1.54) is 22.4 Å². The predicted octanol–water partition coefficient (Wildman–Crippen LogP) is 5.22. The van der Waals surface area contributed by atoms with E-state index >= 15 is 0 Å². The van der Waals surface area contributed by atoms with Crippen molar-refractivity contribution in [2.75, 3.05) is 17.2 Å². The van der Waals surface area contributed by atoms with Gasteiger partial charge in [-0.2, -0.15) is 0 Å². The monoisotopic (exact) mass is 278 g/mol. The fourth-order valence-electron chi connectivity index (χ4n) is 2.73. The number of hydrogen-bond acceptors (Lipinski definition) is 2. The van der Waals surface area contributed by atoms with E-state index in [1.54, 1.807) is 0 Å². The van der Waals surface area contributed by atoms with Crippen LogP contribution >= 0.6 is 0 Å². The fourth-order valence-corrected chi connectivity index (χ4v) is 2.73. The second-order valence-corrected chi connectivity index (χ2v) is 5.91. The molecule has 0 aliphatic carbocycles. The molecular formula is C19H22N2. The minimum atomic E-state index is 0.565. The standard InChI is InChI=1S/C19H22N2/c1-13(2)15-7-9-16(10-8-15)17-5-4-6-18-19(17)20-12-11-14(3)21-18/h4-10,13,20-21H,3,11-12H2,1-2H3. The van der Waals surface area contributed by atoms with Crippen LogP contribution in [-0.4, -0.2) is 6.54 Å². The summed E-state index contributed by atoms with van der Waals surface area (Å²) in [6.45, 7) is 9.42. The Morgan fingerprint density at radius 3 is 2.52 bits per heavy atom. The van der Waals surface area contributed by atoms with Gasteiger partial charge in [0.25, 0.3) is 0 Å². The van der Waals surface area contributed by atoms with Gasteiger partial charge in [0.05, 0.1) is 11.4 Å². The highest BCUT2D eigenvalue weighted by atomic mass is 15.0. The first-order valence-corrected chi connectivity index (χ1v) is 7.57. The molecular weight excluding hydrogens is 256 g/mol. The van der Waals surface area contributed by atoms with Crippen LogP contribution in [0.3, 0.4) is 0 Å². The van der Waals surface area contributed by atoms with Crippen LogP contribution in [-0.2, 0) is 0 Å². The van der Waals surface area contributed by atoms with E-state index < -0.39 is 0 Å². The van der Waals surface area contributed by atoms with Gasteiger partial charge in [-0.25, -0.2) is 0 Å². The molecule has 2 aromatic carbocycles. The highest BCUT2D eigenvalue weighted by Crippen LogP contribution is 2.36. The molecule has 0 saturated heterocycles. The van der Waals surface area contributed by atoms with Crippen molar-refractivity contribution >= 4 is 11.4 Å². The van der Waals surface area contributed by atoms with Crippen molar-refractivity contribution < 1.29 is 0 Å². The third kappa shape index (κ3) is 2.80. The normalized spacial score (nSPS) is 14.1. The molecule has 1 heterocycles. The zero-order chi connectivity index (χ0) is 14.8. The summed E-state index contributed by atoms with van der Waals surface area (Å²) < 4.78 is 0. The smallest absolute Gasteiger partial charge is 0.0659 e. The summed E-state index contributed by atoms with van der Waals surface area (Å²) in [6, 6.07) is 15.2. The van der Waals surface area contributed by atoms with Crippen LogP contribution < -0.4 is 10.6 Å². The number of nitrogens with one attached hydrogen (secondary N) is 2. The molecule has 0 aromatic heterocycles. The molecule has 2 heteroatoms. The van der Waals surface area contributed by atoms with Crippen LogP contribution in [0.1, 0.15) is 31.7 Å². The van der Waals surface area contributed by atoms with Crippen LogP contribution in [0.5, 0.6) is 0 Å². The maximum Gasteiger partial charge on any atom is 0.0659 e. The van der Waals surface area contributed by atoms with Gasteiger partial charge in [-0.3, -0.25) is 0 Å². The Kier molecular flexibility index (Phi) is 3.70. The molecule has 2 N–H and O–H groups in total. The molecule has 0 spiro atoms. The first-order valence-electron chi connectivity index (χ1n) is 7.57. The van der Waals surface area contributed by atoms with Crippen molar-refractivity contribution in [3.8, 4) is 11.1 Å². The zero-order valence-corrected chi connectivity index (χ0v) is 12.7. The minimum Gasteiger partial charge on any atom is -0.382 e. The van der Waals surface area contributed by atoms with Crippen molar-refractivity contribution in [2.24, 2.45) is 0 Å². The Morgan fingerprint density at radius 1 is 1.05 bits per heavy atom. The number of fused-ring (bicyclic) bond motifs is 1. The molecule has 1 aliphatic rings. The second kappa shape index (κ2) is 5.65. The number of para-hydroxylation sites is 1. The molecule has 0 fully saturated rings. The predicted molar refractivity (Wildman–Crippen MR) is 91.8 cm³/mol. The van der Waals surface area contributed by atoms with Crippen LogP contribution in [0.15, 0.2) is 54.7 Å². The Bertz CT molecular complexity index is 654. The van der Waals surface area contributed by atoms with Crippen molar-refractivity contribution in [2.45, 2.75) is 26.2 Å². The Morgan fingerprint density at radius 2 is 1.81 bits per heavy atom. The highest BCUT2D eigenvalue weighted by molar-refractivity contribution is 5.88. The van der Waals surface area contributed by atoms with E-state index in [0.717, 1.165) is 24.4 Å². The fraction of sp³-hybridized carbons (Fsp3) is 0.263. The molecule has 3 rings (SSSR count). The molecule has 0 unspecified atom stereocenters. The lowest BCUT2D eigenvalue weighted by Gasteiger charge is -2.15. The minimum absolute atomic E-state index is 0.565. The van der Waals surface area contributed by atoms with E-state index in [2.05, 4.69) is 73.5 Å². The molecule has 0 atom stereocenters. The van der Waals surface area contributed by atoms with E-state index in [4.69, 9.17) is 0 Å². The van der Waals surface area contributed by atoms with Gasteiger partial charge in [0, 0.05) is 24.2 Å². The SMILES string of the molecule is C=C1CCNc2c(cccc2-c2ccc(C(C)C)cc2)N1. The zero-order valence-electron chi connectivity index (χ0n) is 12.7. The quantitative estimate of drug-likeness (QED) is 0.787. The highest BCUT2D eigenvalue weighted by Gasteiger charge is 2.13. The molecule has 0 bridgehead atoms. The van der Waals surface area contributed by atoms with Crippen LogP contribution in [0.4, 0.5) is 11.4 Å². The molecule has 1 aliphatic heterocycles. The van der Waals surface area contributed by atoms with Crippen molar-refractivity contribution in [1.29, 1.82) is 0 Å². The Labute approximate surface area is 126 Å². The van der Waals surface area contributed by atoms with Gasteiger partial charge >= 0.3 is 0 Å². The van der Waals surface area contributed by atoms with E-state index in [0.29, 0.717) is 5.92 Å². The lowest BCUT2D eigenvalue weighted by Crippen LogP contribution is -2.00. The lowest BCUT2D eigenvalue weighted by molar-refractivity contribution is 0.867. The second-order valence-electron chi connectivity index (χ2n) is 5.91. The average Bonchev–Trinajstić information content (AvgIpc) is 2.67. The first kappa shape index (κ1) is 13.7. The van der Waals surface area contributed by atoms with Gasteiger partial charge in [-0.15, -0.1) is 0 Å². The van der Waals surface area contributed by atoms with E-state index in [-0.39, 0.29) is 0 Å². The molecule has 2 aromatic rings. The van der Waals surface area contributed by atoms with E-state index in [9.17, 15) is 0 Å². The summed E-state index contributed by atoms with van der Waals surface area (Å²) in [5.41, 5.74) is 7.22. The van der Waals surface area contributed by atoms with Gasteiger partial charge in [0.15, 0.2) is 0 Å². The number of anilines is 2. The maximum atomic E-state index is 4.06. The number of rotatable bonds is 2. The van der Waals surface area contributed by atoms with Gasteiger partial charge < -0.3 is 10.6 Å². The Hall–Kier alpha value is -2.22. The maximum absolute atomic E-state index is 4.06. The lowest BCUT2D eigenvalue weighted by atomic mass is 9.97. The van der Waals surface area contributed by atoms with Crippen molar-refractivity contribution in [3.05, 3.63) is 60.3 Å². The largest absolute Gasteiger partial charge is 0.382 e. The molecule has 0 amide bonds. The van der Waals surface area contributed by atoms with E-state index in [1.807, 2.05) is 0 Å². The third-order valence-electron chi connectivity index (χ3n) is 3.99. The summed E-state index contributed by atoms with van der Waals surface area (Å²) >= 11 is 0. The van der Waals surface area contributed by atoms with Gasteiger partial charge in [-0.1, -0.05) is 56.8 Å². The van der Waals surface area contributed by atoms with Crippen LogP contribution in [0.25, 0.3) is 11.1 Å². The van der Waals surface area contributed by atoms with Crippen molar-refractivity contribution in [1.82, 2.24) is 0 Å². The van der Waals surface area contributed by atoms with Crippen molar-refractivity contribution in [3.63, 3.8) is 0 Å². The summed E-state index contributed by atoms with van der Waals surface area (Å²) in [5.74, 6) is 0.565. The van der Waals surface area contributed by atoms with Crippen LogP contribution in [0.2, 0.25) is 0 Å². The topological polar surface area (TPSA) is 24.1 Å². The van der Waals surface area contributed by atoms with Crippen LogP contribution in [0, 0.1) is 0 Å². The summed E-state index contributed by atoms with van der Waals surface area (Å²) in [6.07, 6.45) is 0.945. The number of benzene rings is 2. The van der Waals surface area contributed by atoms with Gasteiger partial charge in [0.1, 0.15) is 0 Å². The summed E-state index contributed by atoms with van der Waals surface area (Å²) in [5, 5.41) is 6.94.